The van der Waals surface area contributed by atoms with Crippen molar-refractivity contribution in [1.82, 2.24) is 0 Å². The Bertz CT molecular complexity index is 248. The van der Waals surface area contributed by atoms with Gasteiger partial charge in [0.15, 0.2) is 0 Å². The first-order chi connectivity index (χ1) is 5.74. The van der Waals surface area contributed by atoms with E-state index < -0.39 is 0 Å². The molecule has 1 aliphatic carbocycles. The third-order valence-electron chi connectivity index (χ3n) is 2.05. The van der Waals surface area contributed by atoms with E-state index >= 15 is 0 Å². The topological polar surface area (TPSA) is 64.4 Å². The van der Waals surface area contributed by atoms with Gasteiger partial charge >= 0.3 is 0 Å². The minimum atomic E-state index is 0.459. The first kappa shape index (κ1) is 8.84. The molecule has 0 unspecified atom stereocenters. The number of amidine groups is 1. The summed E-state index contributed by atoms with van der Waals surface area (Å²) in [6.45, 7) is 2.12. The molecule has 0 aromatic heterocycles. The molecule has 0 amide bonds. The molecule has 0 saturated heterocycles. The first-order valence-electron chi connectivity index (χ1n) is 4.14. The summed E-state index contributed by atoms with van der Waals surface area (Å²) < 4.78 is 0. The highest BCUT2D eigenvalue weighted by atomic mass is 15.2. The average Bonchev–Trinajstić information content (AvgIpc) is 2.29. The standard InChI is InChI=1S/C9H15N3/c1-7-3-2-4-8(6-5-7)9(10)12-11/h5-6H,2-4,11H2,1H3,(H2,10,12). The van der Waals surface area contributed by atoms with E-state index in [1.165, 1.54) is 5.57 Å². The fourth-order valence-electron chi connectivity index (χ4n) is 1.26. The van der Waals surface area contributed by atoms with E-state index in [4.69, 9.17) is 11.6 Å². The Balaban J connectivity index is 2.78. The van der Waals surface area contributed by atoms with Crippen LogP contribution in [0.15, 0.2) is 28.4 Å². The zero-order chi connectivity index (χ0) is 8.97. The number of nitrogens with two attached hydrogens (primary N) is 2. The fraction of sp³-hybridized carbons (Fsp3) is 0.444. The van der Waals surface area contributed by atoms with Gasteiger partial charge in [0.05, 0.1) is 0 Å². The van der Waals surface area contributed by atoms with Gasteiger partial charge in [0.1, 0.15) is 5.84 Å². The molecule has 0 fully saturated rings. The van der Waals surface area contributed by atoms with E-state index in [1.807, 2.05) is 6.08 Å². The van der Waals surface area contributed by atoms with Crippen molar-refractivity contribution in [3.63, 3.8) is 0 Å². The maximum atomic E-state index is 5.59. The number of hydrazone groups is 1. The van der Waals surface area contributed by atoms with Crippen LogP contribution in [0.2, 0.25) is 0 Å². The molecule has 0 aromatic carbocycles. The molecular weight excluding hydrogens is 150 g/mol. The molecule has 0 aromatic rings. The van der Waals surface area contributed by atoms with Crippen LogP contribution in [0.25, 0.3) is 0 Å². The largest absolute Gasteiger partial charge is 0.382 e. The minimum absolute atomic E-state index is 0.459. The maximum Gasteiger partial charge on any atom is 0.146 e. The monoisotopic (exact) mass is 165 g/mol. The van der Waals surface area contributed by atoms with Crippen molar-refractivity contribution < 1.29 is 0 Å². The summed E-state index contributed by atoms with van der Waals surface area (Å²) in [7, 11) is 0. The Labute approximate surface area is 72.8 Å². The number of allylic oxidation sites excluding steroid dienone is 3. The van der Waals surface area contributed by atoms with Gasteiger partial charge < -0.3 is 11.6 Å². The molecular formula is C9H15N3. The lowest BCUT2D eigenvalue weighted by atomic mass is 10.1. The minimum Gasteiger partial charge on any atom is -0.382 e. The van der Waals surface area contributed by atoms with Gasteiger partial charge in [-0.2, -0.15) is 5.10 Å². The van der Waals surface area contributed by atoms with E-state index in [2.05, 4.69) is 18.1 Å². The fourth-order valence-corrected chi connectivity index (χ4v) is 1.26. The van der Waals surface area contributed by atoms with Gasteiger partial charge in [-0.25, -0.2) is 0 Å². The number of rotatable bonds is 1. The highest BCUT2D eigenvalue weighted by molar-refractivity contribution is 5.97. The van der Waals surface area contributed by atoms with Crippen LogP contribution in [0.4, 0.5) is 0 Å². The molecule has 12 heavy (non-hydrogen) atoms. The second-order valence-electron chi connectivity index (χ2n) is 3.07. The van der Waals surface area contributed by atoms with E-state index in [0.29, 0.717) is 5.84 Å². The number of nitrogens with zero attached hydrogens (tertiary/aromatic N) is 1. The Hall–Kier alpha value is -1.25. The van der Waals surface area contributed by atoms with Gasteiger partial charge in [0, 0.05) is 0 Å². The summed E-state index contributed by atoms with van der Waals surface area (Å²) >= 11 is 0. The smallest absolute Gasteiger partial charge is 0.146 e. The normalized spacial score (nSPS) is 19.6. The molecule has 0 saturated carbocycles. The van der Waals surface area contributed by atoms with Gasteiger partial charge in [-0.05, 0) is 31.8 Å². The predicted molar refractivity (Wildman–Crippen MR) is 51.5 cm³/mol. The van der Waals surface area contributed by atoms with Crippen molar-refractivity contribution in [3.05, 3.63) is 23.3 Å². The van der Waals surface area contributed by atoms with Gasteiger partial charge in [0.2, 0.25) is 0 Å². The second kappa shape index (κ2) is 3.95. The molecule has 4 N–H and O–H groups in total. The van der Waals surface area contributed by atoms with E-state index in [1.54, 1.807) is 0 Å². The maximum absolute atomic E-state index is 5.59. The van der Waals surface area contributed by atoms with Crippen molar-refractivity contribution in [3.8, 4) is 0 Å². The third kappa shape index (κ3) is 2.12. The highest BCUT2D eigenvalue weighted by Crippen LogP contribution is 2.16. The third-order valence-corrected chi connectivity index (χ3v) is 2.05. The van der Waals surface area contributed by atoms with Gasteiger partial charge in [-0.15, -0.1) is 0 Å². The summed E-state index contributed by atoms with van der Waals surface area (Å²) in [4.78, 5) is 0. The summed E-state index contributed by atoms with van der Waals surface area (Å²) in [6, 6.07) is 0. The summed E-state index contributed by atoms with van der Waals surface area (Å²) in [5.41, 5.74) is 8.02. The van der Waals surface area contributed by atoms with Crippen LogP contribution in [0.3, 0.4) is 0 Å². The number of hydrogen-bond acceptors (Lipinski definition) is 2. The van der Waals surface area contributed by atoms with Crippen molar-refractivity contribution >= 4 is 5.84 Å². The quantitative estimate of drug-likeness (QED) is 0.266. The van der Waals surface area contributed by atoms with E-state index in [-0.39, 0.29) is 0 Å². The highest BCUT2D eigenvalue weighted by Gasteiger charge is 2.04. The molecule has 1 aliphatic rings. The second-order valence-corrected chi connectivity index (χ2v) is 3.07. The van der Waals surface area contributed by atoms with Crippen molar-refractivity contribution in [1.29, 1.82) is 0 Å². The molecule has 0 atom stereocenters. The van der Waals surface area contributed by atoms with Crippen LogP contribution in [-0.2, 0) is 0 Å². The van der Waals surface area contributed by atoms with Crippen LogP contribution in [0, 0.1) is 0 Å². The zero-order valence-electron chi connectivity index (χ0n) is 7.38. The summed E-state index contributed by atoms with van der Waals surface area (Å²) in [5.74, 6) is 5.55. The SMILES string of the molecule is CC1=CC=C(/C(N)=N/N)CCC1. The molecule has 0 radical (unpaired) electrons. The van der Waals surface area contributed by atoms with Crippen molar-refractivity contribution in [2.45, 2.75) is 26.2 Å². The lowest BCUT2D eigenvalue weighted by Crippen LogP contribution is -2.16. The first-order valence-corrected chi connectivity index (χ1v) is 4.14. The Morgan fingerprint density at radius 2 is 2.17 bits per heavy atom. The van der Waals surface area contributed by atoms with Crippen LogP contribution in [0.5, 0.6) is 0 Å². The zero-order valence-corrected chi connectivity index (χ0v) is 7.38. The molecule has 0 bridgehead atoms. The van der Waals surface area contributed by atoms with Crippen LogP contribution < -0.4 is 11.6 Å². The predicted octanol–water partition coefficient (Wildman–Crippen LogP) is 1.27. The average molecular weight is 165 g/mol. The van der Waals surface area contributed by atoms with Crippen LogP contribution in [-0.4, -0.2) is 5.84 Å². The number of hydrogen-bond donors (Lipinski definition) is 2. The van der Waals surface area contributed by atoms with Crippen molar-refractivity contribution in [2.75, 3.05) is 0 Å². The molecule has 3 heteroatoms. The van der Waals surface area contributed by atoms with Gasteiger partial charge in [-0.3, -0.25) is 0 Å². The summed E-state index contributed by atoms with van der Waals surface area (Å²) in [6.07, 6.45) is 7.33. The van der Waals surface area contributed by atoms with E-state index in [0.717, 1.165) is 24.8 Å². The molecule has 0 aliphatic heterocycles. The van der Waals surface area contributed by atoms with Gasteiger partial charge in [0.25, 0.3) is 0 Å². The summed E-state index contributed by atoms with van der Waals surface area (Å²) in [5, 5.41) is 3.48. The van der Waals surface area contributed by atoms with E-state index in [9.17, 15) is 0 Å². The Morgan fingerprint density at radius 3 is 2.83 bits per heavy atom. The molecule has 0 spiro atoms. The lowest BCUT2D eigenvalue weighted by Gasteiger charge is -2.01. The molecule has 1 rings (SSSR count). The van der Waals surface area contributed by atoms with Crippen LogP contribution in [0.1, 0.15) is 26.2 Å². The van der Waals surface area contributed by atoms with Crippen LogP contribution >= 0.6 is 0 Å². The van der Waals surface area contributed by atoms with Crippen molar-refractivity contribution in [2.24, 2.45) is 16.7 Å². The Kier molecular flexibility index (Phi) is 2.91. The molecule has 0 heterocycles. The lowest BCUT2D eigenvalue weighted by molar-refractivity contribution is 0.828. The Morgan fingerprint density at radius 1 is 1.42 bits per heavy atom. The van der Waals surface area contributed by atoms with Gasteiger partial charge in [-0.1, -0.05) is 17.7 Å². The molecule has 3 nitrogen and oxygen atoms in total. The molecule has 66 valence electrons.